The third-order valence-electron chi connectivity index (χ3n) is 3.89. The minimum absolute atomic E-state index is 0.416. The van der Waals surface area contributed by atoms with Crippen molar-refractivity contribution >= 4 is 5.69 Å². The van der Waals surface area contributed by atoms with Crippen molar-refractivity contribution in [1.82, 2.24) is 5.32 Å². The second-order valence-electron chi connectivity index (χ2n) is 6.48. The van der Waals surface area contributed by atoms with Crippen LogP contribution in [0.1, 0.15) is 38.8 Å². The van der Waals surface area contributed by atoms with Crippen LogP contribution in [-0.2, 0) is 0 Å². The van der Waals surface area contributed by atoms with Gasteiger partial charge in [-0.05, 0) is 42.2 Å². The molecular formula is C21H30N2O. The summed E-state index contributed by atoms with van der Waals surface area (Å²) in [6.45, 7) is 9.11. The van der Waals surface area contributed by atoms with Crippen molar-refractivity contribution in [2.45, 2.75) is 33.2 Å². The van der Waals surface area contributed by atoms with Gasteiger partial charge < -0.3 is 15.4 Å². The molecule has 0 saturated carbocycles. The normalized spacial score (nSPS) is 12.2. The minimum atomic E-state index is 0.416. The van der Waals surface area contributed by atoms with Gasteiger partial charge in [-0.2, -0.15) is 0 Å². The summed E-state index contributed by atoms with van der Waals surface area (Å²) in [5, 5.41) is 7.06. The summed E-state index contributed by atoms with van der Waals surface area (Å²) in [6.07, 6.45) is 1.09. The lowest BCUT2D eigenvalue weighted by Crippen LogP contribution is -2.26. The molecule has 1 atom stereocenters. The molecule has 0 spiro atoms. The van der Waals surface area contributed by atoms with E-state index in [2.05, 4.69) is 73.9 Å². The summed E-state index contributed by atoms with van der Waals surface area (Å²) >= 11 is 0. The SMILES string of the molecule is CCC(NCCNc1ccc(OCC(C)C)cc1)c1ccccc1. The Morgan fingerprint density at radius 1 is 0.917 bits per heavy atom. The van der Waals surface area contributed by atoms with Crippen LogP contribution in [0.4, 0.5) is 5.69 Å². The zero-order valence-corrected chi connectivity index (χ0v) is 15.1. The van der Waals surface area contributed by atoms with E-state index in [1.54, 1.807) is 0 Å². The molecule has 0 aromatic heterocycles. The maximum atomic E-state index is 5.70. The Balaban J connectivity index is 1.71. The maximum Gasteiger partial charge on any atom is 0.119 e. The van der Waals surface area contributed by atoms with Crippen molar-refractivity contribution in [3.63, 3.8) is 0 Å². The van der Waals surface area contributed by atoms with Crippen LogP contribution in [0, 0.1) is 5.92 Å². The lowest BCUT2D eigenvalue weighted by atomic mass is 10.0. The first-order valence-electron chi connectivity index (χ1n) is 8.94. The fraction of sp³-hybridized carbons (Fsp3) is 0.429. The fourth-order valence-electron chi connectivity index (χ4n) is 2.57. The molecule has 0 amide bonds. The molecular weight excluding hydrogens is 296 g/mol. The van der Waals surface area contributed by atoms with Gasteiger partial charge in [0.2, 0.25) is 0 Å². The van der Waals surface area contributed by atoms with E-state index in [1.165, 1.54) is 5.56 Å². The first-order valence-corrected chi connectivity index (χ1v) is 8.94. The third kappa shape index (κ3) is 6.25. The lowest BCUT2D eigenvalue weighted by molar-refractivity contribution is 0.271. The molecule has 1 unspecified atom stereocenters. The highest BCUT2D eigenvalue weighted by molar-refractivity contribution is 5.46. The summed E-state index contributed by atoms with van der Waals surface area (Å²) in [4.78, 5) is 0. The van der Waals surface area contributed by atoms with Crippen molar-refractivity contribution in [2.75, 3.05) is 25.0 Å². The molecule has 0 bridgehead atoms. The highest BCUT2D eigenvalue weighted by Crippen LogP contribution is 2.17. The van der Waals surface area contributed by atoms with Gasteiger partial charge in [0.15, 0.2) is 0 Å². The van der Waals surface area contributed by atoms with E-state index < -0.39 is 0 Å². The second-order valence-corrected chi connectivity index (χ2v) is 6.48. The highest BCUT2D eigenvalue weighted by atomic mass is 16.5. The van der Waals surface area contributed by atoms with Crippen molar-refractivity contribution < 1.29 is 4.74 Å². The zero-order valence-electron chi connectivity index (χ0n) is 15.1. The number of nitrogens with one attached hydrogen (secondary N) is 2. The standard InChI is InChI=1S/C21H30N2O/c1-4-21(18-8-6-5-7-9-18)23-15-14-22-19-10-12-20(13-11-19)24-16-17(2)3/h5-13,17,21-23H,4,14-16H2,1-3H3. The number of rotatable bonds is 10. The maximum absolute atomic E-state index is 5.70. The molecule has 2 aromatic carbocycles. The van der Waals surface area contributed by atoms with Crippen molar-refractivity contribution in [2.24, 2.45) is 5.92 Å². The van der Waals surface area contributed by atoms with Crippen molar-refractivity contribution in [3.8, 4) is 5.75 Å². The molecule has 2 N–H and O–H groups in total. The highest BCUT2D eigenvalue weighted by Gasteiger charge is 2.06. The van der Waals surface area contributed by atoms with Gasteiger partial charge in [0, 0.05) is 24.8 Å². The average Bonchev–Trinajstić information content (AvgIpc) is 2.62. The number of ether oxygens (including phenoxy) is 1. The predicted octanol–water partition coefficient (Wildman–Crippen LogP) is 4.87. The van der Waals surface area contributed by atoms with Gasteiger partial charge in [0.25, 0.3) is 0 Å². The van der Waals surface area contributed by atoms with Gasteiger partial charge in [-0.1, -0.05) is 51.1 Å². The quantitative estimate of drug-likeness (QED) is 0.611. The topological polar surface area (TPSA) is 33.3 Å². The van der Waals surface area contributed by atoms with Gasteiger partial charge >= 0.3 is 0 Å². The van der Waals surface area contributed by atoms with E-state index in [0.717, 1.165) is 37.6 Å². The summed E-state index contributed by atoms with van der Waals surface area (Å²) in [5.74, 6) is 1.48. The number of hydrogen-bond donors (Lipinski definition) is 2. The van der Waals surface area contributed by atoms with Gasteiger partial charge in [-0.25, -0.2) is 0 Å². The fourth-order valence-corrected chi connectivity index (χ4v) is 2.57. The molecule has 3 heteroatoms. The Bertz CT molecular complexity index is 566. The number of benzene rings is 2. The number of anilines is 1. The molecule has 0 aliphatic heterocycles. The molecule has 0 aliphatic rings. The molecule has 3 nitrogen and oxygen atoms in total. The van der Waals surface area contributed by atoms with E-state index in [1.807, 2.05) is 12.1 Å². The van der Waals surface area contributed by atoms with Crippen LogP contribution in [0.5, 0.6) is 5.75 Å². The van der Waals surface area contributed by atoms with Crippen LogP contribution >= 0.6 is 0 Å². The first-order chi connectivity index (χ1) is 11.7. The van der Waals surface area contributed by atoms with Crippen molar-refractivity contribution in [1.29, 1.82) is 0 Å². The monoisotopic (exact) mass is 326 g/mol. The van der Waals surface area contributed by atoms with Gasteiger partial charge in [0.05, 0.1) is 6.61 Å². The molecule has 0 aliphatic carbocycles. The van der Waals surface area contributed by atoms with E-state index in [9.17, 15) is 0 Å². The average molecular weight is 326 g/mol. The number of hydrogen-bond acceptors (Lipinski definition) is 3. The van der Waals surface area contributed by atoms with Crippen LogP contribution < -0.4 is 15.4 Å². The summed E-state index contributed by atoms with van der Waals surface area (Å²) < 4.78 is 5.70. The smallest absolute Gasteiger partial charge is 0.119 e. The van der Waals surface area contributed by atoms with Gasteiger partial charge in [-0.3, -0.25) is 0 Å². The molecule has 0 saturated heterocycles. The van der Waals surface area contributed by atoms with E-state index >= 15 is 0 Å². The third-order valence-corrected chi connectivity index (χ3v) is 3.89. The molecule has 0 heterocycles. The Morgan fingerprint density at radius 2 is 1.62 bits per heavy atom. The first kappa shape index (κ1) is 18.3. The summed E-state index contributed by atoms with van der Waals surface area (Å²) in [7, 11) is 0. The van der Waals surface area contributed by atoms with Crippen LogP contribution in [0.25, 0.3) is 0 Å². The molecule has 24 heavy (non-hydrogen) atoms. The van der Waals surface area contributed by atoms with E-state index in [-0.39, 0.29) is 0 Å². The largest absolute Gasteiger partial charge is 0.493 e. The summed E-state index contributed by atoms with van der Waals surface area (Å²) in [5.41, 5.74) is 2.48. The Hall–Kier alpha value is -2.00. The molecule has 0 fully saturated rings. The van der Waals surface area contributed by atoms with Crippen LogP contribution in [-0.4, -0.2) is 19.7 Å². The van der Waals surface area contributed by atoms with Crippen LogP contribution in [0.15, 0.2) is 54.6 Å². The molecule has 2 aromatic rings. The van der Waals surface area contributed by atoms with E-state index in [0.29, 0.717) is 12.0 Å². The minimum Gasteiger partial charge on any atom is -0.493 e. The Labute approximate surface area is 146 Å². The molecule has 130 valence electrons. The molecule has 2 rings (SSSR count). The Morgan fingerprint density at radius 3 is 2.25 bits per heavy atom. The van der Waals surface area contributed by atoms with Crippen LogP contribution in [0.2, 0.25) is 0 Å². The summed E-state index contributed by atoms with van der Waals surface area (Å²) in [6, 6.07) is 19.2. The molecule has 0 radical (unpaired) electrons. The van der Waals surface area contributed by atoms with Crippen LogP contribution in [0.3, 0.4) is 0 Å². The zero-order chi connectivity index (χ0) is 17.2. The van der Waals surface area contributed by atoms with Crippen molar-refractivity contribution in [3.05, 3.63) is 60.2 Å². The van der Waals surface area contributed by atoms with E-state index in [4.69, 9.17) is 4.74 Å². The second kappa shape index (κ2) is 9.99. The Kier molecular flexibility index (Phi) is 7.63. The predicted molar refractivity (Wildman–Crippen MR) is 103 cm³/mol. The van der Waals surface area contributed by atoms with Gasteiger partial charge in [-0.15, -0.1) is 0 Å². The van der Waals surface area contributed by atoms with Gasteiger partial charge in [0.1, 0.15) is 5.75 Å². The lowest BCUT2D eigenvalue weighted by Gasteiger charge is -2.18.